The van der Waals surface area contributed by atoms with Crippen molar-refractivity contribution in [2.75, 3.05) is 18.4 Å². The third-order valence-electron chi connectivity index (χ3n) is 4.62. The predicted octanol–water partition coefficient (Wildman–Crippen LogP) is 3.93. The van der Waals surface area contributed by atoms with E-state index in [9.17, 15) is 14.0 Å². The highest BCUT2D eigenvalue weighted by Crippen LogP contribution is 2.23. The predicted molar refractivity (Wildman–Crippen MR) is 102 cm³/mol. The van der Waals surface area contributed by atoms with E-state index < -0.39 is 0 Å². The number of nitrogens with one attached hydrogen (secondary N) is 1. The van der Waals surface area contributed by atoms with Crippen LogP contribution in [0.5, 0.6) is 0 Å². The van der Waals surface area contributed by atoms with Crippen LogP contribution >= 0.6 is 15.9 Å². The van der Waals surface area contributed by atoms with E-state index in [1.165, 1.54) is 12.1 Å². The summed E-state index contributed by atoms with van der Waals surface area (Å²) in [6.07, 6.45) is 0.872. The summed E-state index contributed by atoms with van der Waals surface area (Å²) < 4.78 is 13.9. The van der Waals surface area contributed by atoms with Gasteiger partial charge in [-0.05, 0) is 54.8 Å². The zero-order valence-electron chi connectivity index (χ0n) is 14.5. The van der Waals surface area contributed by atoms with Gasteiger partial charge in [0.05, 0.1) is 5.92 Å². The molecule has 0 saturated carbocycles. The van der Waals surface area contributed by atoms with Crippen LogP contribution in [0, 0.1) is 18.7 Å². The molecular formula is C20H20BrFN2O2. The molecule has 1 atom stereocenters. The van der Waals surface area contributed by atoms with Crippen LogP contribution in [0.3, 0.4) is 0 Å². The van der Waals surface area contributed by atoms with Crippen molar-refractivity contribution in [1.29, 1.82) is 0 Å². The fourth-order valence-corrected chi connectivity index (χ4v) is 3.56. The molecule has 1 aliphatic rings. The number of carbonyl (C=O) groups is 2. The number of benzene rings is 2. The SMILES string of the molecule is Cc1cc(Br)ccc1NC(=O)C1CC(=O)N(CCc2ccc(F)cc2)C1. The highest BCUT2D eigenvalue weighted by Gasteiger charge is 2.34. The first-order valence-corrected chi connectivity index (χ1v) is 9.31. The van der Waals surface area contributed by atoms with Gasteiger partial charge in [0.25, 0.3) is 0 Å². The number of halogens is 2. The number of hydrogen-bond donors (Lipinski definition) is 1. The number of nitrogens with zero attached hydrogens (tertiary/aromatic N) is 1. The van der Waals surface area contributed by atoms with Gasteiger partial charge < -0.3 is 10.2 Å². The van der Waals surface area contributed by atoms with E-state index in [-0.39, 0.29) is 30.0 Å². The second kappa shape index (κ2) is 7.99. The third-order valence-corrected chi connectivity index (χ3v) is 5.11. The van der Waals surface area contributed by atoms with Gasteiger partial charge in [0.2, 0.25) is 11.8 Å². The Morgan fingerprint density at radius 2 is 2.00 bits per heavy atom. The fraction of sp³-hybridized carbons (Fsp3) is 0.300. The maximum absolute atomic E-state index is 12.9. The minimum absolute atomic E-state index is 0.0141. The number of likely N-dealkylation sites (tertiary alicyclic amines) is 1. The number of carbonyl (C=O) groups excluding carboxylic acids is 2. The van der Waals surface area contributed by atoms with Crippen molar-refractivity contribution < 1.29 is 14.0 Å². The number of rotatable bonds is 5. The summed E-state index contributed by atoms with van der Waals surface area (Å²) in [4.78, 5) is 26.4. The third kappa shape index (κ3) is 4.49. The second-order valence-electron chi connectivity index (χ2n) is 6.57. The summed E-state index contributed by atoms with van der Waals surface area (Å²) in [6, 6.07) is 11.9. The first-order chi connectivity index (χ1) is 12.4. The van der Waals surface area contributed by atoms with Crippen molar-refractivity contribution >= 4 is 33.4 Å². The van der Waals surface area contributed by atoms with Crippen LogP contribution in [0.2, 0.25) is 0 Å². The summed E-state index contributed by atoms with van der Waals surface area (Å²) in [7, 11) is 0. The molecule has 26 heavy (non-hydrogen) atoms. The Morgan fingerprint density at radius 3 is 2.69 bits per heavy atom. The van der Waals surface area contributed by atoms with Gasteiger partial charge in [-0.15, -0.1) is 0 Å². The molecule has 1 fully saturated rings. The van der Waals surface area contributed by atoms with Gasteiger partial charge in [-0.25, -0.2) is 4.39 Å². The van der Waals surface area contributed by atoms with E-state index >= 15 is 0 Å². The molecule has 0 bridgehead atoms. The second-order valence-corrected chi connectivity index (χ2v) is 7.48. The molecule has 6 heteroatoms. The van der Waals surface area contributed by atoms with E-state index in [0.29, 0.717) is 19.5 Å². The van der Waals surface area contributed by atoms with Crippen LogP contribution in [0.4, 0.5) is 10.1 Å². The van der Waals surface area contributed by atoms with Gasteiger partial charge in [0, 0.05) is 29.7 Å². The van der Waals surface area contributed by atoms with Gasteiger partial charge in [-0.3, -0.25) is 9.59 Å². The Bertz CT molecular complexity index is 823. The standard InChI is InChI=1S/C20H20BrFN2O2/c1-13-10-16(21)4-7-18(13)23-20(26)15-11-19(25)24(12-15)9-8-14-2-5-17(22)6-3-14/h2-7,10,15H,8-9,11-12H2,1H3,(H,23,26). The van der Waals surface area contributed by atoms with Gasteiger partial charge in [-0.1, -0.05) is 28.1 Å². The van der Waals surface area contributed by atoms with Crippen molar-refractivity contribution in [2.24, 2.45) is 5.92 Å². The summed E-state index contributed by atoms with van der Waals surface area (Å²) in [5.41, 5.74) is 2.69. The molecular weight excluding hydrogens is 399 g/mol. The zero-order valence-corrected chi connectivity index (χ0v) is 16.1. The maximum atomic E-state index is 12.9. The first-order valence-electron chi connectivity index (χ1n) is 8.51. The van der Waals surface area contributed by atoms with Crippen molar-refractivity contribution in [2.45, 2.75) is 19.8 Å². The van der Waals surface area contributed by atoms with Gasteiger partial charge in [0.1, 0.15) is 5.82 Å². The van der Waals surface area contributed by atoms with Gasteiger partial charge >= 0.3 is 0 Å². The number of anilines is 1. The first kappa shape index (κ1) is 18.6. The Balaban J connectivity index is 1.56. The van der Waals surface area contributed by atoms with Gasteiger partial charge in [0.15, 0.2) is 0 Å². The van der Waals surface area contributed by atoms with Crippen molar-refractivity contribution in [3.63, 3.8) is 0 Å². The fourth-order valence-electron chi connectivity index (χ4n) is 3.08. The average molecular weight is 419 g/mol. The normalized spacial score (nSPS) is 16.8. The van der Waals surface area contributed by atoms with E-state index in [4.69, 9.17) is 0 Å². The minimum Gasteiger partial charge on any atom is -0.342 e. The van der Waals surface area contributed by atoms with Crippen molar-refractivity contribution in [1.82, 2.24) is 4.90 Å². The van der Waals surface area contributed by atoms with Crippen LogP contribution < -0.4 is 5.32 Å². The molecule has 0 aliphatic carbocycles. The molecule has 4 nitrogen and oxygen atoms in total. The smallest absolute Gasteiger partial charge is 0.229 e. The lowest BCUT2D eigenvalue weighted by Crippen LogP contribution is -2.30. The Labute approximate surface area is 160 Å². The van der Waals surface area contributed by atoms with E-state index in [1.807, 2.05) is 25.1 Å². The number of amides is 2. The topological polar surface area (TPSA) is 49.4 Å². The molecule has 1 unspecified atom stereocenters. The van der Waals surface area contributed by atoms with E-state index in [1.54, 1.807) is 17.0 Å². The number of hydrogen-bond acceptors (Lipinski definition) is 2. The molecule has 1 N–H and O–H groups in total. The zero-order chi connectivity index (χ0) is 18.7. The van der Waals surface area contributed by atoms with Crippen LogP contribution in [0.15, 0.2) is 46.9 Å². The molecule has 2 aromatic carbocycles. The molecule has 1 aliphatic heterocycles. The lowest BCUT2D eigenvalue weighted by Gasteiger charge is -2.17. The molecule has 0 radical (unpaired) electrons. The minimum atomic E-state index is -0.348. The quantitative estimate of drug-likeness (QED) is 0.799. The molecule has 0 spiro atoms. The molecule has 2 aromatic rings. The number of aryl methyl sites for hydroxylation is 1. The molecule has 0 aromatic heterocycles. The van der Waals surface area contributed by atoms with Gasteiger partial charge in [-0.2, -0.15) is 0 Å². The highest BCUT2D eigenvalue weighted by molar-refractivity contribution is 9.10. The summed E-state index contributed by atoms with van der Waals surface area (Å²) >= 11 is 3.40. The summed E-state index contributed by atoms with van der Waals surface area (Å²) in [5, 5.41) is 2.92. The maximum Gasteiger partial charge on any atom is 0.229 e. The van der Waals surface area contributed by atoms with Crippen molar-refractivity contribution in [3.8, 4) is 0 Å². The highest BCUT2D eigenvalue weighted by atomic mass is 79.9. The molecule has 3 rings (SSSR count). The van der Waals surface area contributed by atoms with Crippen LogP contribution in [0.1, 0.15) is 17.5 Å². The average Bonchev–Trinajstić information content (AvgIpc) is 2.98. The Morgan fingerprint density at radius 1 is 1.27 bits per heavy atom. The lowest BCUT2D eigenvalue weighted by atomic mass is 10.1. The molecule has 136 valence electrons. The molecule has 2 amide bonds. The Hall–Kier alpha value is -2.21. The van der Waals surface area contributed by atoms with E-state index in [0.717, 1.165) is 21.3 Å². The van der Waals surface area contributed by atoms with E-state index in [2.05, 4.69) is 21.2 Å². The Kier molecular flexibility index (Phi) is 5.71. The summed E-state index contributed by atoms with van der Waals surface area (Å²) in [5.74, 6) is -0.766. The van der Waals surface area contributed by atoms with Crippen LogP contribution in [0.25, 0.3) is 0 Å². The molecule has 1 saturated heterocycles. The van der Waals surface area contributed by atoms with Crippen LogP contribution in [-0.2, 0) is 16.0 Å². The van der Waals surface area contributed by atoms with Crippen molar-refractivity contribution in [3.05, 3.63) is 63.9 Å². The van der Waals surface area contributed by atoms with Crippen LogP contribution in [-0.4, -0.2) is 29.8 Å². The lowest BCUT2D eigenvalue weighted by molar-refractivity contribution is -0.128. The monoisotopic (exact) mass is 418 g/mol. The molecule has 1 heterocycles. The largest absolute Gasteiger partial charge is 0.342 e. The summed E-state index contributed by atoms with van der Waals surface area (Å²) in [6.45, 7) is 2.88.